The normalized spacial score (nSPS) is 13.0. The minimum Gasteiger partial charge on any atom is -0.310 e. The molecule has 0 atom stereocenters. The van der Waals surface area contributed by atoms with E-state index in [1.165, 1.54) is 83.0 Å². The lowest BCUT2D eigenvalue weighted by Crippen LogP contribution is -2.36. The molecule has 304 valence electrons. The zero-order valence-electron chi connectivity index (χ0n) is 35.6. The van der Waals surface area contributed by atoms with Crippen molar-refractivity contribution in [3.63, 3.8) is 0 Å². The second kappa shape index (κ2) is 14.8. The summed E-state index contributed by atoms with van der Waals surface area (Å²) in [6.07, 6.45) is 0. The zero-order valence-corrected chi connectivity index (χ0v) is 35.6. The summed E-state index contributed by atoms with van der Waals surface area (Å²) in [5.74, 6) is 0. The van der Waals surface area contributed by atoms with Crippen LogP contribution in [0.15, 0.2) is 255 Å². The van der Waals surface area contributed by atoms with Gasteiger partial charge in [0.25, 0.3) is 0 Å². The first-order valence-corrected chi connectivity index (χ1v) is 22.5. The molecule has 0 amide bonds. The molecule has 0 radical (unpaired) electrons. The van der Waals surface area contributed by atoms with Crippen molar-refractivity contribution in [2.75, 3.05) is 9.80 Å². The largest absolute Gasteiger partial charge is 0.310 e. The van der Waals surface area contributed by atoms with Gasteiger partial charge in [-0.15, -0.1) is 0 Å². The van der Waals surface area contributed by atoms with E-state index in [2.05, 4.69) is 265 Å². The first kappa shape index (κ1) is 37.1. The Morgan fingerprint density at radius 1 is 0.292 bits per heavy atom. The van der Waals surface area contributed by atoms with Gasteiger partial charge in [0.05, 0.1) is 22.5 Å². The molecule has 0 saturated carbocycles. The summed E-state index contributed by atoms with van der Waals surface area (Å²) in [4.78, 5) is 4.95. The minimum absolute atomic E-state index is 0.587. The number of para-hydroxylation sites is 4. The van der Waals surface area contributed by atoms with Gasteiger partial charge in [-0.05, 0) is 126 Å². The molecule has 1 aliphatic heterocycles. The highest BCUT2D eigenvalue weighted by atomic mass is 15.2. The van der Waals surface area contributed by atoms with Crippen LogP contribution in [0.25, 0.3) is 54.9 Å². The number of hydrogen-bond donors (Lipinski definition) is 0. The van der Waals surface area contributed by atoms with Crippen molar-refractivity contribution in [2.45, 2.75) is 5.41 Å². The molecule has 13 rings (SSSR count). The van der Waals surface area contributed by atoms with Crippen LogP contribution in [0.3, 0.4) is 0 Å². The lowest BCUT2D eigenvalue weighted by molar-refractivity contribution is 0.752. The van der Waals surface area contributed by atoms with E-state index in [-0.39, 0.29) is 0 Å². The Bertz CT molecular complexity index is 3590. The van der Waals surface area contributed by atoms with E-state index in [4.69, 9.17) is 0 Å². The Balaban J connectivity index is 1.08. The monoisotopic (exact) mass is 826 g/mol. The van der Waals surface area contributed by atoms with Gasteiger partial charge in [-0.25, -0.2) is 0 Å². The van der Waals surface area contributed by atoms with Crippen molar-refractivity contribution < 1.29 is 0 Å². The van der Waals surface area contributed by atoms with E-state index in [9.17, 15) is 0 Å². The van der Waals surface area contributed by atoms with Gasteiger partial charge in [0.2, 0.25) is 0 Å². The fourth-order valence-corrected chi connectivity index (χ4v) is 11.1. The highest BCUT2D eigenvalue weighted by Gasteiger charge is 2.51. The molecule has 0 aromatic heterocycles. The van der Waals surface area contributed by atoms with Crippen LogP contribution in [0.5, 0.6) is 0 Å². The standard InChI is InChI=1S/C63H42N2/c1-2-23-46(24-3-1)65-61-35-16-13-32-57(61)63(58-33-14-17-36-62(58)65)56-31-12-10-28-53(56)54-40-39-48(42-59(54)63)64(47-38-37-43-19-4-5-21-45(43)41-47)60-34-15-11-29-55(60)52-27-9-8-26-51(52)50-30-18-22-44-20-6-7-25-49(44)50/h1-42H. The van der Waals surface area contributed by atoms with Crippen LogP contribution in [0.4, 0.5) is 34.1 Å². The van der Waals surface area contributed by atoms with Crippen LogP contribution in [-0.4, -0.2) is 0 Å². The smallest absolute Gasteiger partial charge is 0.0755 e. The van der Waals surface area contributed by atoms with Crippen molar-refractivity contribution in [1.82, 2.24) is 0 Å². The third kappa shape index (κ3) is 5.60. The lowest BCUT2D eigenvalue weighted by atomic mass is 9.64. The van der Waals surface area contributed by atoms with Crippen LogP contribution < -0.4 is 9.80 Å². The number of nitrogens with zero attached hydrogens (tertiary/aromatic N) is 2. The van der Waals surface area contributed by atoms with Crippen molar-refractivity contribution >= 4 is 55.7 Å². The van der Waals surface area contributed by atoms with Crippen LogP contribution in [0.1, 0.15) is 22.3 Å². The average molecular weight is 827 g/mol. The molecule has 0 saturated heterocycles. The molecule has 1 aliphatic carbocycles. The molecule has 2 nitrogen and oxygen atoms in total. The topological polar surface area (TPSA) is 6.48 Å². The summed E-state index contributed by atoms with van der Waals surface area (Å²) in [5, 5.41) is 4.89. The molecule has 0 bridgehead atoms. The number of rotatable bonds is 6. The van der Waals surface area contributed by atoms with Crippen LogP contribution in [-0.2, 0) is 5.41 Å². The number of fused-ring (bicyclic) bond motifs is 11. The Hall–Kier alpha value is -8.46. The second-order valence-electron chi connectivity index (χ2n) is 17.2. The fraction of sp³-hybridized carbons (Fsp3) is 0.0159. The summed E-state index contributed by atoms with van der Waals surface area (Å²) in [6.45, 7) is 0. The van der Waals surface area contributed by atoms with Gasteiger partial charge in [-0.3, -0.25) is 0 Å². The predicted octanol–water partition coefficient (Wildman–Crippen LogP) is 16.9. The van der Waals surface area contributed by atoms with Gasteiger partial charge in [-0.2, -0.15) is 0 Å². The molecule has 11 aromatic carbocycles. The minimum atomic E-state index is -0.587. The fourth-order valence-electron chi connectivity index (χ4n) is 11.1. The van der Waals surface area contributed by atoms with Crippen molar-refractivity contribution in [3.8, 4) is 33.4 Å². The molecule has 65 heavy (non-hydrogen) atoms. The molecular formula is C63H42N2. The number of hydrogen-bond acceptors (Lipinski definition) is 2. The quantitative estimate of drug-likeness (QED) is 0.165. The van der Waals surface area contributed by atoms with Gasteiger partial charge in [0.1, 0.15) is 0 Å². The molecule has 0 unspecified atom stereocenters. The Labute approximate surface area is 379 Å². The molecule has 11 aromatic rings. The van der Waals surface area contributed by atoms with E-state index >= 15 is 0 Å². The molecule has 1 heterocycles. The van der Waals surface area contributed by atoms with Crippen molar-refractivity contribution in [2.24, 2.45) is 0 Å². The zero-order chi connectivity index (χ0) is 42.9. The molecular weight excluding hydrogens is 785 g/mol. The SMILES string of the molecule is c1ccc(N2c3ccccc3C3(c4ccccc4-c4ccc(N(c5ccc6ccccc6c5)c5ccccc5-c5ccccc5-c5cccc6ccccc56)cc43)c3ccccc32)cc1. The first-order chi connectivity index (χ1) is 32.3. The molecule has 0 fully saturated rings. The first-order valence-electron chi connectivity index (χ1n) is 22.5. The third-order valence-corrected chi connectivity index (χ3v) is 13.8. The van der Waals surface area contributed by atoms with E-state index in [1.807, 2.05) is 0 Å². The average Bonchev–Trinajstić information content (AvgIpc) is 3.67. The molecule has 2 aliphatic rings. The lowest BCUT2D eigenvalue weighted by Gasteiger charge is -2.45. The number of anilines is 6. The maximum Gasteiger partial charge on any atom is 0.0755 e. The molecule has 1 spiro atoms. The summed E-state index contributed by atoms with van der Waals surface area (Å²) in [6, 6.07) is 94.1. The molecule has 2 heteroatoms. The number of benzene rings is 11. The van der Waals surface area contributed by atoms with Gasteiger partial charge >= 0.3 is 0 Å². The van der Waals surface area contributed by atoms with Crippen molar-refractivity contribution in [3.05, 3.63) is 277 Å². The van der Waals surface area contributed by atoms with Crippen LogP contribution >= 0.6 is 0 Å². The van der Waals surface area contributed by atoms with Crippen LogP contribution in [0.2, 0.25) is 0 Å². The van der Waals surface area contributed by atoms with Crippen LogP contribution in [0, 0.1) is 0 Å². The van der Waals surface area contributed by atoms with Crippen molar-refractivity contribution in [1.29, 1.82) is 0 Å². The van der Waals surface area contributed by atoms with Gasteiger partial charge in [-0.1, -0.05) is 200 Å². The van der Waals surface area contributed by atoms with Gasteiger partial charge in [0.15, 0.2) is 0 Å². The summed E-state index contributed by atoms with van der Waals surface area (Å²) < 4.78 is 0. The van der Waals surface area contributed by atoms with E-state index < -0.39 is 5.41 Å². The predicted molar refractivity (Wildman–Crippen MR) is 273 cm³/mol. The Morgan fingerprint density at radius 2 is 0.800 bits per heavy atom. The summed E-state index contributed by atoms with van der Waals surface area (Å²) in [7, 11) is 0. The third-order valence-electron chi connectivity index (χ3n) is 13.8. The summed E-state index contributed by atoms with van der Waals surface area (Å²) >= 11 is 0. The highest BCUT2D eigenvalue weighted by Crippen LogP contribution is 2.64. The maximum absolute atomic E-state index is 2.50. The van der Waals surface area contributed by atoms with E-state index in [0.717, 1.165) is 28.3 Å². The molecule has 0 N–H and O–H groups in total. The van der Waals surface area contributed by atoms with E-state index in [0.29, 0.717) is 0 Å². The maximum atomic E-state index is 2.50. The Kier molecular flexibility index (Phi) is 8.47. The van der Waals surface area contributed by atoms with Gasteiger partial charge < -0.3 is 9.80 Å². The Morgan fingerprint density at radius 3 is 1.57 bits per heavy atom. The summed E-state index contributed by atoms with van der Waals surface area (Å²) in [5.41, 5.74) is 18.7. The van der Waals surface area contributed by atoms with E-state index in [1.54, 1.807) is 0 Å². The second-order valence-corrected chi connectivity index (χ2v) is 17.2. The van der Waals surface area contributed by atoms with Gasteiger partial charge in [0, 0.05) is 22.6 Å². The highest BCUT2D eigenvalue weighted by molar-refractivity contribution is 6.04.